The minimum atomic E-state index is -0.890. The molecule has 0 atom stereocenters. The van der Waals surface area contributed by atoms with Crippen molar-refractivity contribution >= 4 is 5.97 Å². The molecule has 3 heteroatoms. The van der Waals surface area contributed by atoms with Crippen molar-refractivity contribution < 1.29 is 14.6 Å². The van der Waals surface area contributed by atoms with Gasteiger partial charge in [-0.25, -0.2) is 4.79 Å². The van der Waals surface area contributed by atoms with Gasteiger partial charge in [0.2, 0.25) is 0 Å². The number of hydrogen-bond donors (Lipinski definition) is 1. The second kappa shape index (κ2) is 5.92. The number of rotatable bonds is 5. The Balaban J connectivity index is 3.51. The molecular formula is C8H14O3. The quantitative estimate of drug-likeness (QED) is 0.486. The lowest BCUT2D eigenvalue weighted by Gasteiger charge is -1.99. The molecule has 0 fully saturated rings. The van der Waals surface area contributed by atoms with Crippen molar-refractivity contribution in [1.29, 1.82) is 0 Å². The third-order valence-electron chi connectivity index (χ3n) is 1.21. The molecule has 0 spiro atoms. The maximum Gasteiger partial charge on any atom is 0.328 e. The Morgan fingerprint density at radius 2 is 2.27 bits per heavy atom. The van der Waals surface area contributed by atoms with Gasteiger partial charge in [0.25, 0.3) is 0 Å². The molecule has 0 heterocycles. The Hall–Kier alpha value is -0.830. The Kier molecular flexibility index (Phi) is 5.47. The van der Waals surface area contributed by atoms with E-state index in [2.05, 4.69) is 0 Å². The van der Waals surface area contributed by atoms with Gasteiger partial charge in [0.15, 0.2) is 0 Å². The average Bonchev–Trinajstić information content (AvgIpc) is 1.86. The molecule has 0 saturated carbocycles. The van der Waals surface area contributed by atoms with Gasteiger partial charge in [-0.05, 0) is 20.3 Å². The van der Waals surface area contributed by atoms with Crippen LogP contribution < -0.4 is 0 Å². The van der Waals surface area contributed by atoms with E-state index < -0.39 is 5.97 Å². The van der Waals surface area contributed by atoms with Gasteiger partial charge in [0.05, 0.1) is 6.61 Å². The molecule has 0 bridgehead atoms. The minimum absolute atomic E-state index is 0.603. The highest BCUT2D eigenvalue weighted by Gasteiger charge is 1.93. The Morgan fingerprint density at radius 3 is 2.73 bits per heavy atom. The van der Waals surface area contributed by atoms with E-state index in [9.17, 15) is 4.79 Å². The Labute approximate surface area is 66.7 Å². The van der Waals surface area contributed by atoms with E-state index >= 15 is 0 Å². The normalized spacial score (nSPS) is 11.6. The molecule has 11 heavy (non-hydrogen) atoms. The zero-order chi connectivity index (χ0) is 8.69. The zero-order valence-electron chi connectivity index (χ0n) is 6.96. The highest BCUT2D eigenvalue weighted by Crippen LogP contribution is 1.98. The topological polar surface area (TPSA) is 46.5 Å². The Bertz CT molecular complexity index is 149. The molecule has 0 aromatic heterocycles. The van der Waals surface area contributed by atoms with Gasteiger partial charge in [-0.2, -0.15) is 0 Å². The third kappa shape index (κ3) is 7.06. The van der Waals surface area contributed by atoms with E-state index in [-0.39, 0.29) is 0 Å². The van der Waals surface area contributed by atoms with Gasteiger partial charge >= 0.3 is 5.97 Å². The van der Waals surface area contributed by atoms with E-state index in [0.29, 0.717) is 19.6 Å². The van der Waals surface area contributed by atoms with Crippen LogP contribution in [0, 0.1) is 0 Å². The maximum atomic E-state index is 10.1. The molecule has 0 saturated heterocycles. The summed E-state index contributed by atoms with van der Waals surface area (Å²) in [5, 5.41) is 8.32. The van der Waals surface area contributed by atoms with Crippen LogP contribution in [-0.2, 0) is 9.53 Å². The first-order valence-electron chi connectivity index (χ1n) is 3.64. The highest BCUT2D eigenvalue weighted by atomic mass is 16.5. The summed E-state index contributed by atoms with van der Waals surface area (Å²) >= 11 is 0. The van der Waals surface area contributed by atoms with Crippen molar-refractivity contribution in [2.75, 3.05) is 13.2 Å². The van der Waals surface area contributed by atoms with Gasteiger partial charge in [-0.15, -0.1) is 0 Å². The maximum absolute atomic E-state index is 10.1. The third-order valence-corrected chi connectivity index (χ3v) is 1.21. The van der Waals surface area contributed by atoms with E-state index in [0.717, 1.165) is 5.57 Å². The second-order valence-electron chi connectivity index (χ2n) is 2.28. The van der Waals surface area contributed by atoms with Crippen molar-refractivity contribution in [1.82, 2.24) is 0 Å². The summed E-state index contributed by atoms with van der Waals surface area (Å²) in [4.78, 5) is 10.1. The van der Waals surface area contributed by atoms with Gasteiger partial charge in [-0.3, -0.25) is 0 Å². The average molecular weight is 158 g/mol. The van der Waals surface area contributed by atoms with Crippen molar-refractivity contribution in [2.24, 2.45) is 0 Å². The van der Waals surface area contributed by atoms with Crippen molar-refractivity contribution in [2.45, 2.75) is 20.3 Å². The number of hydrogen-bond acceptors (Lipinski definition) is 2. The number of carbonyl (C=O) groups is 1. The van der Waals surface area contributed by atoms with Crippen LogP contribution in [0.25, 0.3) is 0 Å². The lowest BCUT2D eigenvalue weighted by atomic mass is 10.2. The molecule has 0 unspecified atom stereocenters. The molecular weight excluding hydrogens is 144 g/mol. The predicted molar refractivity (Wildman–Crippen MR) is 42.5 cm³/mol. The number of carboxylic acid groups (broad SMARTS) is 1. The summed E-state index contributed by atoms with van der Waals surface area (Å²) in [6.07, 6.45) is 1.90. The molecule has 0 aliphatic heterocycles. The number of carboxylic acids is 1. The first-order valence-corrected chi connectivity index (χ1v) is 3.64. The highest BCUT2D eigenvalue weighted by molar-refractivity contribution is 5.80. The molecule has 0 aromatic rings. The fraction of sp³-hybridized carbons (Fsp3) is 0.625. The van der Waals surface area contributed by atoms with Crippen LogP contribution in [0.15, 0.2) is 11.6 Å². The van der Waals surface area contributed by atoms with Crippen LogP contribution in [-0.4, -0.2) is 24.3 Å². The standard InChI is InChI=1S/C8H14O3/c1-3-11-5-4-7(2)6-8(9)10/h6H,3-5H2,1-2H3,(H,9,10)/b7-6-. The predicted octanol–water partition coefficient (Wildman–Crippen LogP) is 1.44. The molecule has 1 N–H and O–H groups in total. The van der Waals surface area contributed by atoms with E-state index in [4.69, 9.17) is 9.84 Å². The molecule has 0 rings (SSSR count). The summed E-state index contributed by atoms with van der Waals surface area (Å²) in [5.74, 6) is -0.890. The SMILES string of the molecule is CCOCC/C(C)=C\C(=O)O. The van der Waals surface area contributed by atoms with Gasteiger partial charge in [-0.1, -0.05) is 5.57 Å². The summed E-state index contributed by atoms with van der Waals surface area (Å²) in [7, 11) is 0. The first-order chi connectivity index (χ1) is 5.16. The summed E-state index contributed by atoms with van der Waals surface area (Å²) in [6.45, 7) is 4.98. The Morgan fingerprint density at radius 1 is 1.64 bits per heavy atom. The van der Waals surface area contributed by atoms with Crippen molar-refractivity contribution in [3.8, 4) is 0 Å². The van der Waals surface area contributed by atoms with Crippen LogP contribution in [0.2, 0.25) is 0 Å². The van der Waals surface area contributed by atoms with Crippen LogP contribution in [0.5, 0.6) is 0 Å². The van der Waals surface area contributed by atoms with Gasteiger partial charge in [0, 0.05) is 12.7 Å². The molecule has 64 valence electrons. The van der Waals surface area contributed by atoms with Gasteiger partial charge in [0.1, 0.15) is 0 Å². The summed E-state index contributed by atoms with van der Waals surface area (Å²) in [6, 6.07) is 0. The smallest absolute Gasteiger partial charge is 0.328 e. The lowest BCUT2D eigenvalue weighted by Crippen LogP contribution is -1.96. The first kappa shape index (κ1) is 10.2. The van der Waals surface area contributed by atoms with Crippen LogP contribution >= 0.6 is 0 Å². The summed E-state index contributed by atoms with van der Waals surface area (Å²) < 4.78 is 5.05. The molecule has 3 nitrogen and oxygen atoms in total. The fourth-order valence-electron chi connectivity index (χ4n) is 0.660. The van der Waals surface area contributed by atoms with E-state index in [1.165, 1.54) is 6.08 Å². The largest absolute Gasteiger partial charge is 0.478 e. The van der Waals surface area contributed by atoms with Crippen LogP contribution in [0.3, 0.4) is 0 Å². The molecule has 0 radical (unpaired) electrons. The molecule has 0 aromatic carbocycles. The van der Waals surface area contributed by atoms with E-state index in [1.54, 1.807) is 6.92 Å². The van der Waals surface area contributed by atoms with Gasteiger partial charge < -0.3 is 9.84 Å². The fourth-order valence-corrected chi connectivity index (χ4v) is 0.660. The second-order valence-corrected chi connectivity index (χ2v) is 2.28. The van der Waals surface area contributed by atoms with Crippen molar-refractivity contribution in [3.05, 3.63) is 11.6 Å². The number of ether oxygens (including phenoxy) is 1. The van der Waals surface area contributed by atoms with E-state index in [1.807, 2.05) is 6.92 Å². The monoisotopic (exact) mass is 158 g/mol. The lowest BCUT2D eigenvalue weighted by molar-refractivity contribution is -0.131. The molecule has 0 amide bonds. The van der Waals surface area contributed by atoms with Crippen molar-refractivity contribution in [3.63, 3.8) is 0 Å². The molecule has 0 aliphatic carbocycles. The van der Waals surface area contributed by atoms with Crippen LogP contribution in [0.1, 0.15) is 20.3 Å². The minimum Gasteiger partial charge on any atom is -0.478 e. The number of aliphatic carboxylic acids is 1. The summed E-state index contributed by atoms with van der Waals surface area (Å²) in [5.41, 5.74) is 0.839. The molecule has 0 aliphatic rings. The zero-order valence-corrected chi connectivity index (χ0v) is 6.96. The van der Waals surface area contributed by atoms with Crippen LogP contribution in [0.4, 0.5) is 0 Å².